The van der Waals surface area contributed by atoms with Gasteiger partial charge in [-0.2, -0.15) is 47.9 Å². The molecule has 0 aliphatic carbocycles. The molecule has 0 heterocycles. The largest absolute Gasteiger partial charge is 0.452 e. The number of ether oxygens (including phenoxy) is 1. The minimum Gasteiger partial charge on any atom is -0.452 e. The molecule has 4 nitrogen and oxygen atoms in total. The van der Waals surface area contributed by atoms with E-state index >= 15 is 0 Å². The Morgan fingerprint density at radius 1 is 0.828 bits per heavy atom. The molecule has 0 aliphatic rings. The van der Waals surface area contributed by atoms with Gasteiger partial charge in [0.2, 0.25) is 18.1 Å². The maximum atomic E-state index is 13.4. The van der Waals surface area contributed by atoms with Gasteiger partial charge in [0.25, 0.3) is 10.1 Å². The molecule has 0 saturated heterocycles. The van der Waals surface area contributed by atoms with Crippen LogP contribution in [-0.4, -0.2) is 43.8 Å². The zero-order chi connectivity index (χ0) is 23.0. The zero-order valence-electron chi connectivity index (χ0n) is 13.2. The van der Waals surface area contributed by atoms with Crippen LogP contribution < -0.4 is 4.74 Å². The Kier molecular flexibility index (Phi) is 6.85. The smallest absolute Gasteiger partial charge is 0.449 e. The lowest BCUT2D eigenvalue weighted by atomic mass is 10.0. The number of benzene rings is 1. The van der Waals surface area contributed by atoms with E-state index in [1.165, 1.54) is 0 Å². The van der Waals surface area contributed by atoms with Crippen molar-refractivity contribution in [1.82, 2.24) is 0 Å². The van der Waals surface area contributed by atoms with Crippen molar-refractivity contribution in [3.05, 3.63) is 35.6 Å². The zero-order valence-corrected chi connectivity index (χ0v) is 14.0. The third-order valence-electron chi connectivity index (χ3n) is 2.98. The lowest BCUT2D eigenvalue weighted by molar-refractivity contribution is -0.198. The summed E-state index contributed by atoms with van der Waals surface area (Å²) in [6, 6.07) is 1.31. The predicted molar refractivity (Wildman–Crippen MR) is 71.9 cm³/mol. The van der Waals surface area contributed by atoms with Gasteiger partial charge >= 0.3 is 18.5 Å². The topological polar surface area (TPSA) is 63.6 Å². The first-order valence-electron chi connectivity index (χ1n) is 6.74. The molecule has 0 radical (unpaired) electrons. The first kappa shape index (κ1) is 24.9. The Balaban J connectivity index is 3.66. The van der Waals surface area contributed by atoms with E-state index in [1.807, 2.05) is 0 Å². The summed E-state index contributed by atoms with van der Waals surface area (Å²) in [6.45, 7) is 0. The highest BCUT2D eigenvalue weighted by molar-refractivity contribution is 7.85. The molecule has 1 N–H and O–H groups in total. The standard InChI is InChI=1S/C13H7F11O4S/c14-8(11(16,17)18)7(9(15)12(19,20)21)10(13(22,23)24)28-5-1-3-6(4-2-5)29(25,26)27/h1-4,8-9H,(H,25,26,27). The highest BCUT2D eigenvalue weighted by Crippen LogP contribution is 2.43. The molecule has 0 amide bonds. The van der Waals surface area contributed by atoms with Crippen molar-refractivity contribution in [2.24, 2.45) is 0 Å². The Morgan fingerprint density at radius 2 is 1.21 bits per heavy atom. The molecule has 0 aliphatic heterocycles. The normalized spacial score (nSPS) is 15.6. The van der Waals surface area contributed by atoms with Crippen molar-refractivity contribution >= 4 is 10.1 Å². The Labute approximate surface area is 154 Å². The van der Waals surface area contributed by atoms with E-state index in [1.54, 1.807) is 0 Å². The van der Waals surface area contributed by atoms with Gasteiger partial charge in [0.05, 0.1) is 10.5 Å². The number of alkyl halides is 11. The maximum Gasteiger partial charge on any atom is 0.449 e. The average Bonchev–Trinajstić information content (AvgIpc) is 2.50. The molecule has 0 bridgehead atoms. The van der Waals surface area contributed by atoms with Crippen molar-refractivity contribution in [3.8, 4) is 5.75 Å². The number of hydrogen-bond donors (Lipinski definition) is 1. The van der Waals surface area contributed by atoms with Crippen molar-refractivity contribution < 1.29 is 66.0 Å². The number of hydrogen-bond acceptors (Lipinski definition) is 3. The third kappa shape index (κ3) is 6.45. The summed E-state index contributed by atoms with van der Waals surface area (Å²) < 4.78 is 175. The quantitative estimate of drug-likeness (QED) is 0.378. The van der Waals surface area contributed by atoms with Gasteiger partial charge in [0.15, 0.2) is 0 Å². The summed E-state index contributed by atoms with van der Waals surface area (Å²) >= 11 is 0. The van der Waals surface area contributed by atoms with E-state index in [4.69, 9.17) is 4.55 Å². The summed E-state index contributed by atoms with van der Waals surface area (Å²) in [6.07, 6.45) is -29.0. The molecule has 0 saturated carbocycles. The molecule has 16 heteroatoms. The molecule has 2 atom stereocenters. The summed E-state index contributed by atoms with van der Waals surface area (Å²) in [5.74, 6) is -4.50. The van der Waals surface area contributed by atoms with Gasteiger partial charge in [-0.3, -0.25) is 4.55 Å². The van der Waals surface area contributed by atoms with Crippen molar-refractivity contribution in [3.63, 3.8) is 0 Å². The van der Waals surface area contributed by atoms with Crippen molar-refractivity contribution in [2.75, 3.05) is 0 Å². The lowest BCUT2D eigenvalue weighted by Gasteiger charge is -2.25. The summed E-state index contributed by atoms with van der Waals surface area (Å²) in [4.78, 5) is -0.931. The summed E-state index contributed by atoms with van der Waals surface area (Å²) in [5.41, 5.74) is -3.42. The van der Waals surface area contributed by atoms with E-state index < -0.39 is 63.0 Å². The van der Waals surface area contributed by atoms with Gasteiger partial charge in [-0.15, -0.1) is 0 Å². The van der Waals surface area contributed by atoms with E-state index in [0.29, 0.717) is 12.1 Å². The second-order valence-electron chi connectivity index (χ2n) is 5.14. The van der Waals surface area contributed by atoms with Crippen LogP contribution in [0.3, 0.4) is 0 Å². The molecule has 1 aromatic rings. The molecule has 0 spiro atoms. The fourth-order valence-electron chi connectivity index (χ4n) is 1.79. The number of halogens is 11. The molecule has 1 rings (SSSR count). The van der Waals surface area contributed by atoms with Crippen molar-refractivity contribution in [2.45, 2.75) is 35.8 Å². The summed E-state index contributed by atoms with van der Waals surface area (Å²) in [7, 11) is -4.87. The molecule has 1 aromatic carbocycles. The molecule has 166 valence electrons. The highest BCUT2D eigenvalue weighted by Gasteiger charge is 2.57. The Hall–Kier alpha value is -2.10. The maximum absolute atomic E-state index is 13.4. The van der Waals surface area contributed by atoms with Gasteiger partial charge in [-0.25, -0.2) is 8.78 Å². The Morgan fingerprint density at radius 3 is 1.48 bits per heavy atom. The van der Waals surface area contributed by atoms with Gasteiger partial charge in [-0.05, 0) is 24.3 Å². The Bertz CT molecular complexity index is 829. The van der Waals surface area contributed by atoms with Crippen LogP contribution in [0.1, 0.15) is 0 Å². The SMILES string of the molecule is O=S(=O)(O)c1ccc(OC(=C(C(F)C(F)(F)F)C(F)C(F)(F)F)C(F)(F)F)cc1. The minimum absolute atomic E-state index is 0.286. The summed E-state index contributed by atoms with van der Waals surface area (Å²) in [5, 5.41) is 0. The predicted octanol–water partition coefficient (Wildman–Crippen LogP) is 4.93. The fourth-order valence-corrected chi connectivity index (χ4v) is 2.27. The third-order valence-corrected chi connectivity index (χ3v) is 3.85. The van der Waals surface area contributed by atoms with Gasteiger partial charge in [0.1, 0.15) is 5.75 Å². The first-order valence-corrected chi connectivity index (χ1v) is 8.18. The van der Waals surface area contributed by atoms with Crippen LogP contribution in [-0.2, 0) is 10.1 Å². The van der Waals surface area contributed by atoms with E-state index in [-0.39, 0.29) is 12.1 Å². The fraction of sp³-hybridized carbons (Fsp3) is 0.385. The number of rotatable bonds is 5. The molecule has 29 heavy (non-hydrogen) atoms. The minimum atomic E-state index is -6.35. The van der Waals surface area contributed by atoms with Crippen LogP contribution in [0.4, 0.5) is 48.3 Å². The lowest BCUT2D eigenvalue weighted by Crippen LogP contribution is -2.40. The van der Waals surface area contributed by atoms with Crippen LogP contribution in [0.5, 0.6) is 5.75 Å². The molecule has 0 fully saturated rings. The second-order valence-corrected chi connectivity index (χ2v) is 6.56. The van der Waals surface area contributed by atoms with Gasteiger partial charge in [-0.1, -0.05) is 0 Å². The van der Waals surface area contributed by atoms with E-state index in [9.17, 15) is 56.7 Å². The molecule has 0 aromatic heterocycles. The number of allylic oxidation sites excluding steroid dienone is 2. The van der Waals surface area contributed by atoms with Crippen LogP contribution in [0.2, 0.25) is 0 Å². The van der Waals surface area contributed by atoms with Crippen LogP contribution >= 0.6 is 0 Å². The molecular formula is C13H7F11O4S. The second kappa shape index (κ2) is 7.97. The average molecular weight is 468 g/mol. The highest BCUT2D eigenvalue weighted by atomic mass is 32.2. The molecule has 2 unspecified atom stereocenters. The first-order chi connectivity index (χ1) is 12.8. The van der Waals surface area contributed by atoms with Crippen LogP contribution in [0.25, 0.3) is 0 Å². The van der Waals surface area contributed by atoms with Gasteiger partial charge in [0, 0.05) is 0 Å². The van der Waals surface area contributed by atoms with Crippen LogP contribution in [0.15, 0.2) is 40.5 Å². The van der Waals surface area contributed by atoms with E-state index in [2.05, 4.69) is 4.74 Å². The molecular weight excluding hydrogens is 461 g/mol. The van der Waals surface area contributed by atoms with Gasteiger partial charge < -0.3 is 4.74 Å². The van der Waals surface area contributed by atoms with E-state index in [0.717, 1.165) is 0 Å². The van der Waals surface area contributed by atoms with Crippen molar-refractivity contribution in [1.29, 1.82) is 0 Å². The van der Waals surface area contributed by atoms with Crippen LogP contribution in [0, 0.1) is 0 Å². The monoisotopic (exact) mass is 468 g/mol.